The van der Waals surface area contributed by atoms with E-state index in [-0.39, 0.29) is 17.5 Å². The standard InChI is InChI=1S/C24H35FN4O2S/c1-5-16-32(30,31)29-14-12-28(13-15-29)24-21(17-19-8-10-20(25)11-9-19)22(7-3)26-23(27-24)18(4)6-2/h8-11,18H,5-7,12-17H2,1-4H3. The molecule has 1 aromatic heterocycles. The molecule has 176 valence electrons. The second-order valence-corrected chi connectivity index (χ2v) is 10.6. The van der Waals surface area contributed by atoms with Gasteiger partial charge in [-0.2, -0.15) is 4.31 Å². The molecule has 1 aliphatic rings. The zero-order chi connectivity index (χ0) is 23.3. The molecular formula is C24H35FN4O2S. The summed E-state index contributed by atoms with van der Waals surface area (Å²) in [4.78, 5) is 12.1. The first kappa shape index (κ1) is 24.6. The van der Waals surface area contributed by atoms with E-state index in [0.29, 0.717) is 39.0 Å². The van der Waals surface area contributed by atoms with Gasteiger partial charge in [0.05, 0.1) is 5.75 Å². The van der Waals surface area contributed by atoms with E-state index in [4.69, 9.17) is 9.97 Å². The first-order valence-electron chi connectivity index (χ1n) is 11.7. The highest BCUT2D eigenvalue weighted by atomic mass is 32.2. The first-order valence-corrected chi connectivity index (χ1v) is 13.3. The maximum Gasteiger partial charge on any atom is 0.214 e. The Morgan fingerprint density at radius 1 is 1.03 bits per heavy atom. The molecule has 0 aliphatic carbocycles. The predicted octanol–water partition coefficient (Wildman–Crippen LogP) is 4.14. The van der Waals surface area contributed by atoms with Gasteiger partial charge < -0.3 is 4.90 Å². The van der Waals surface area contributed by atoms with Gasteiger partial charge in [0.1, 0.15) is 17.5 Å². The van der Waals surface area contributed by atoms with Crippen molar-refractivity contribution in [3.05, 3.63) is 52.7 Å². The van der Waals surface area contributed by atoms with Crippen LogP contribution in [0.25, 0.3) is 0 Å². The molecule has 0 bridgehead atoms. The molecule has 1 fully saturated rings. The van der Waals surface area contributed by atoms with Gasteiger partial charge in [-0.05, 0) is 37.0 Å². The summed E-state index contributed by atoms with van der Waals surface area (Å²) >= 11 is 0. The van der Waals surface area contributed by atoms with E-state index in [1.807, 2.05) is 6.92 Å². The van der Waals surface area contributed by atoms with Crippen LogP contribution in [-0.4, -0.2) is 54.6 Å². The molecule has 3 rings (SSSR count). The molecule has 1 aliphatic heterocycles. The molecule has 6 nitrogen and oxygen atoms in total. The summed E-state index contributed by atoms with van der Waals surface area (Å²) in [6, 6.07) is 6.56. The average Bonchev–Trinajstić information content (AvgIpc) is 2.80. The highest BCUT2D eigenvalue weighted by Gasteiger charge is 2.29. The minimum atomic E-state index is -3.20. The van der Waals surface area contributed by atoms with Crippen LogP contribution >= 0.6 is 0 Å². The second-order valence-electron chi connectivity index (χ2n) is 8.50. The van der Waals surface area contributed by atoms with Crippen LogP contribution in [0.15, 0.2) is 24.3 Å². The molecule has 0 amide bonds. The largest absolute Gasteiger partial charge is 0.354 e. The van der Waals surface area contributed by atoms with Gasteiger partial charge in [0.25, 0.3) is 0 Å². The lowest BCUT2D eigenvalue weighted by Gasteiger charge is -2.36. The van der Waals surface area contributed by atoms with Crippen LogP contribution in [0.1, 0.15) is 69.1 Å². The minimum absolute atomic E-state index is 0.189. The van der Waals surface area contributed by atoms with Crippen LogP contribution in [0.4, 0.5) is 10.2 Å². The van der Waals surface area contributed by atoms with Crippen LogP contribution < -0.4 is 4.90 Å². The molecule has 0 radical (unpaired) electrons. The molecule has 2 heterocycles. The van der Waals surface area contributed by atoms with Gasteiger partial charge in [-0.3, -0.25) is 0 Å². The Morgan fingerprint density at radius 3 is 2.25 bits per heavy atom. The van der Waals surface area contributed by atoms with Gasteiger partial charge in [0, 0.05) is 49.8 Å². The van der Waals surface area contributed by atoms with E-state index in [1.54, 1.807) is 16.4 Å². The third kappa shape index (κ3) is 5.64. The van der Waals surface area contributed by atoms with Crippen molar-refractivity contribution < 1.29 is 12.8 Å². The monoisotopic (exact) mass is 462 g/mol. The third-order valence-corrected chi connectivity index (χ3v) is 8.24. The Labute approximate surface area is 191 Å². The first-order chi connectivity index (χ1) is 15.3. The van der Waals surface area contributed by atoms with Crippen molar-refractivity contribution in [3.8, 4) is 0 Å². The zero-order valence-corrected chi connectivity index (χ0v) is 20.5. The fourth-order valence-electron chi connectivity index (χ4n) is 4.05. The van der Waals surface area contributed by atoms with E-state index in [0.717, 1.165) is 41.3 Å². The summed E-state index contributed by atoms with van der Waals surface area (Å²) in [5.41, 5.74) is 3.07. The number of hydrogen-bond donors (Lipinski definition) is 0. The SMILES string of the molecule is CCCS(=O)(=O)N1CCN(c2nc(C(C)CC)nc(CC)c2Cc2ccc(F)cc2)CC1. The van der Waals surface area contributed by atoms with E-state index in [1.165, 1.54) is 12.1 Å². The van der Waals surface area contributed by atoms with Crippen molar-refractivity contribution in [3.63, 3.8) is 0 Å². The summed E-state index contributed by atoms with van der Waals surface area (Å²) < 4.78 is 40.0. The van der Waals surface area contributed by atoms with E-state index >= 15 is 0 Å². The number of benzene rings is 1. The summed E-state index contributed by atoms with van der Waals surface area (Å²) in [6.45, 7) is 10.4. The summed E-state index contributed by atoms with van der Waals surface area (Å²) in [6.07, 6.45) is 2.96. The zero-order valence-electron chi connectivity index (χ0n) is 19.6. The molecule has 32 heavy (non-hydrogen) atoms. The van der Waals surface area contributed by atoms with E-state index in [9.17, 15) is 12.8 Å². The van der Waals surface area contributed by atoms with Crippen molar-refractivity contribution in [2.75, 3.05) is 36.8 Å². The van der Waals surface area contributed by atoms with Gasteiger partial charge in [-0.25, -0.2) is 22.8 Å². The number of hydrogen-bond acceptors (Lipinski definition) is 5. The molecule has 1 atom stereocenters. The van der Waals surface area contributed by atoms with Gasteiger partial charge >= 0.3 is 0 Å². The fraction of sp³-hybridized carbons (Fsp3) is 0.583. The van der Waals surface area contributed by atoms with Crippen LogP contribution in [0.3, 0.4) is 0 Å². The highest BCUT2D eigenvalue weighted by Crippen LogP contribution is 2.29. The van der Waals surface area contributed by atoms with Crippen molar-refractivity contribution in [1.82, 2.24) is 14.3 Å². The van der Waals surface area contributed by atoms with E-state index < -0.39 is 10.0 Å². The minimum Gasteiger partial charge on any atom is -0.354 e. The Balaban J connectivity index is 1.96. The number of nitrogens with zero attached hydrogens (tertiary/aromatic N) is 4. The van der Waals surface area contributed by atoms with Crippen LogP contribution in [-0.2, 0) is 22.9 Å². The predicted molar refractivity (Wildman–Crippen MR) is 127 cm³/mol. The number of halogens is 1. The Kier molecular flexibility index (Phi) is 8.22. The number of sulfonamides is 1. The van der Waals surface area contributed by atoms with Crippen molar-refractivity contribution >= 4 is 15.8 Å². The number of rotatable bonds is 9. The Hall–Kier alpha value is -2.06. The second kappa shape index (κ2) is 10.7. The maximum absolute atomic E-state index is 13.4. The summed E-state index contributed by atoms with van der Waals surface area (Å²) in [5, 5.41) is 0. The number of aryl methyl sites for hydroxylation is 1. The normalized spacial score (nSPS) is 16.3. The van der Waals surface area contributed by atoms with Gasteiger partial charge in [-0.15, -0.1) is 0 Å². The molecule has 1 aromatic carbocycles. The smallest absolute Gasteiger partial charge is 0.214 e. The molecule has 8 heteroatoms. The van der Waals surface area contributed by atoms with Crippen LogP contribution in [0.5, 0.6) is 0 Å². The lowest BCUT2D eigenvalue weighted by molar-refractivity contribution is 0.383. The molecule has 0 saturated carbocycles. The molecular weight excluding hydrogens is 427 g/mol. The van der Waals surface area contributed by atoms with Gasteiger partial charge in [0.2, 0.25) is 10.0 Å². The lowest BCUT2D eigenvalue weighted by Crippen LogP contribution is -2.49. The molecule has 0 N–H and O–H groups in total. The summed E-state index contributed by atoms with van der Waals surface area (Å²) in [7, 11) is -3.20. The maximum atomic E-state index is 13.4. The Bertz CT molecular complexity index is 1000. The van der Waals surface area contributed by atoms with Crippen molar-refractivity contribution in [1.29, 1.82) is 0 Å². The van der Waals surface area contributed by atoms with Crippen molar-refractivity contribution in [2.45, 2.75) is 59.3 Å². The molecule has 1 unspecified atom stereocenters. The lowest BCUT2D eigenvalue weighted by atomic mass is 10.0. The summed E-state index contributed by atoms with van der Waals surface area (Å²) in [5.74, 6) is 1.91. The third-order valence-electron chi connectivity index (χ3n) is 6.16. The fourth-order valence-corrected chi connectivity index (χ4v) is 5.54. The van der Waals surface area contributed by atoms with E-state index in [2.05, 4.69) is 25.7 Å². The number of aromatic nitrogens is 2. The molecule has 0 spiro atoms. The van der Waals surface area contributed by atoms with Crippen LogP contribution in [0.2, 0.25) is 0 Å². The highest BCUT2D eigenvalue weighted by molar-refractivity contribution is 7.89. The van der Waals surface area contributed by atoms with Gasteiger partial charge in [-0.1, -0.05) is 39.8 Å². The number of anilines is 1. The average molecular weight is 463 g/mol. The Morgan fingerprint density at radius 2 is 1.69 bits per heavy atom. The topological polar surface area (TPSA) is 66.4 Å². The van der Waals surface area contributed by atoms with Crippen molar-refractivity contribution in [2.24, 2.45) is 0 Å². The number of piperazine rings is 1. The molecule has 1 saturated heterocycles. The molecule has 2 aromatic rings. The quantitative estimate of drug-likeness (QED) is 0.560. The van der Waals surface area contributed by atoms with Crippen LogP contribution in [0, 0.1) is 5.82 Å². The van der Waals surface area contributed by atoms with Gasteiger partial charge in [0.15, 0.2) is 0 Å².